The van der Waals surface area contributed by atoms with Crippen LogP contribution in [0.5, 0.6) is 17.2 Å². The molecule has 0 aliphatic carbocycles. The third kappa shape index (κ3) is 6.60. The lowest BCUT2D eigenvalue weighted by Crippen LogP contribution is -2.52. The van der Waals surface area contributed by atoms with E-state index in [1.54, 1.807) is 18.2 Å². The highest BCUT2D eigenvalue weighted by Crippen LogP contribution is 2.30. The zero-order chi connectivity index (χ0) is 25.4. The van der Waals surface area contributed by atoms with Crippen molar-refractivity contribution < 1.29 is 33.3 Å². The second kappa shape index (κ2) is 12.0. The molecule has 0 aromatic heterocycles. The molecule has 186 valence electrons. The van der Waals surface area contributed by atoms with Crippen LogP contribution in [-0.2, 0) is 14.3 Å². The van der Waals surface area contributed by atoms with Crippen LogP contribution in [0.1, 0.15) is 18.1 Å². The molecule has 9 nitrogen and oxygen atoms in total. The average Bonchev–Trinajstić information content (AvgIpc) is 2.86. The van der Waals surface area contributed by atoms with Gasteiger partial charge in [0.05, 0.1) is 19.8 Å². The molecule has 35 heavy (non-hydrogen) atoms. The van der Waals surface area contributed by atoms with Crippen LogP contribution in [-0.4, -0.2) is 74.8 Å². The zero-order valence-electron chi connectivity index (χ0n) is 20.4. The number of ether oxygens (including phenoxy) is 4. The van der Waals surface area contributed by atoms with E-state index in [0.717, 1.165) is 15.5 Å². The number of imide groups is 2. The van der Waals surface area contributed by atoms with Crippen LogP contribution >= 0.6 is 0 Å². The van der Waals surface area contributed by atoms with E-state index >= 15 is 0 Å². The number of benzene rings is 2. The van der Waals surface area contributed by atoms with Crippen molar-refractivity contribution >= 4 is 23.9 Å². The first-order valence-corrected chi connectivity index (χ1v) is 11.3. The highest BCUT2D eigenvalue weighted by atomic mass is 16.6. The molecule has 0 atom stereocenters. The number of aryl methyl sites for hydroxylation is 1. The molecule has 0 N–H and O–H groups in total. The number of urea groups is 1. The van der Waals surface area contributed by atoms with Gasteiger partial charge in [-0.1, -0.05) is 23.8 Å². The number of amides is 4. The third-order valence-corrected chi connectivity index (χ3v) is 5.23. The second-order valence-electron chi connectivity index (χ2n) is 7.83. The first kappa shape index (κ1) is 25.8. The molecule has 2 aromatic rings. The van der Waals surface area contributed by atoms with E-state index in [-0.39, 0.29) is 5.57 Å². The van der Waals surface area contributed by atoms with Crippen LogP contribution in [0.4, 0.5) is 4.79 Å². The maximum absolute atomic E-state index is 12.4. The monoisotopic (exact) mass is 482 g/mol. The standard InChI is InChI=1S/C26H30N2O7/c1-5-33-23-17-19(16-21-24(29)27(3)26(31)28(4)25(21)30)8-11-22(23)35-15-13-32-12-14-34-20-9-6-18(2)7-10-20/h6-11,16-17H,5,12-15H2,1-4H3. The van der Waals surface area contributed by atoms with Gasteiger partial charge in [-0.15, -0.1) is 0 Å². The molecule has 4 amide bonds. The number of carbonyl (C=O) groups excluding carboxylic acids is 3. The van der Waals surface area contributed by atoms with Gasteiger partial charge < -0.3 is 18.9 Å². The van der Waals surface area contributed by atoms with Crippen LogP contribution in [0.25, 0.3) is 6.08 Å². The van der Waals surface area contributed by atoms with Crippen LogP contribution in [0.2, 0.25) is 0 Å². The minimum atomic E-state index is -0.667. The minimum absolute atomic E-state index is 0.105. The Morgan fingerprint density at radius 1 is 0.771 bits per heavy atom. The average molecular weight is 483 g/mol. The highest BCUT2D eigenvalue weighted by Gasteiger charge is 2.37. The molecule has 9 heteroatoms. The predicted molar refractivity (Wildman–Crippen MR) is 130 cm³/mol. The van der Waals surface area contributed by atoms with Gasteiger partial charge in [-0.2, -0.15) is 0 Å². The summed E-state index contributed by atoms with van der Waals surface area (Å²) in [6, 6.07) is 12.2. The summed E-state index contributed by atoms with van der Waals surface area (Å²) in [5, 5.41) is 0. The van der Waals surface area contributed by atoms with Gasteiger partial charge in [0.15, 0.2) is 11.5 Å². The quantitative estimate of drug-likeness (QED) is 0.276. The van der Waals surface area contributed by atoms with Crippen LogP contribution < -0.4 is 14.2 Å². The summed E-state index contributed by atoms with van der Waals surface area (Å²) in [7, 11) is 2.67. The molecule has 0 bridgehead atoms. The largest absolute Gasteiger partial charge is 0.491 e. The summed E-state index contributed by atoms with van der Waals surface area (Å²) in [6.45, 7) is 5.80. The fraction of sp³-hybridized carbons (Fsp3) is 0.346. The number of carbonyl (C=O) groups is 3. The number of likely N-dealkylation sites (N-methyl/N-ethyl adjacent to an activating group) is 2. The molecule has 0 spiro atoms. The molecule has 1 aliphatic rings. The lowest BCUT2D eigenvalue weighted by molar-refractivity contribution is -0.134. The normalized spacial score (nSPS) is 13.8. The molecule has 0 saturated carbocycles. The van der Waals surface area contributed by atoms with E-state index in [0.29, 0.717) is 50.1 Å². The molecule has 1 heterocycles. The maximum atomic E-state index is 12.4. The van der Waals surface area contributed by atoms with Crippen LogP contribution in [0.15, 0.2) is 48.0 Å². The smallest absolute Gasteiger partial charge is 0.333 e. The van der Waals surface area contributed by atoms with Crippen molar-refractivity contribution in [2.24, 2.45) is 0 Å². The molecule has 1 aliphatic heterocycles. The van der Waals surface area contributed by atoms with Gasteiger partial charge in [0.2, 0.25) is 0 Å². The Morgan fingerprint density at radius 3 is 2.03 bits per heavy atom. The van der Waals surface area contributed by atoms with Gasteiger partial charge in [0, 0.05) is 14.1 Å². The fourth-order valence-electron chi connectivity index (χ4n) is 3.31. The molecule has 2 aromatic carbocycles. The van der Waals surface area contributed by atoms with Crippen LogP contribution in [0.3, 0.4) is 0 Å². The molecule has 3 rings (SSSR count). The van der Waals surface area contributed by atoms with Crippen LogP contribution in [0, 0.1) is 6.92 Å². The topological polar surface area (TPSA) is 94.6 Å². The first-order valence-electron chi connectivity index (χ1n) is 11.3. The number of hydrogen-bond donors (Lipinski definition) is 0. The van der Waals surface area contributed by atoms with Gasteiger partial charge in [0.25, 0.3) is 11.8 Å². The molecule has 1 fully saturated rings. The van der Waals surface area contributed by atoms with E-state index in [4.69, 9.17) is 18.9 Å². The van der Waals surface area contributed by atoms with Crippen molar-refractivity contribution in [1.82, 2.24) is 9.80 Å². The van der Waals surface area contributed by atoms with E-state index in [2.05, 4.69) is 0 Å². The number of nitrogens with zero attached hydrogens (tertiary/aromatic N) is 2. The second-order valence-corrected chi connectivity index (χ2v) is 7.83. The SMILES string of the molecule is CCOc1cc(C=C2C(=O)N(C)C(=O)N(C)C2=O)ccc1OCCOCCOc1ccc(C)cc1. The minimum Gasteiger partial charge on any atom is -0.491 e. The molecular weight excluding hydrogens is 452 g/mol. The Kier molecular flexibility index (Phi) is 8.86. The Labute approximate surface area is 204 Å². The van der Waals surface area contributed by atoms with E-state index in [9.17, 15) is 14.4 Å². The van der Waals surface area contributed by atoms with Crippen molar-refractivity contribution in [3.05, 3.63) is 59.2 Å². The lowest BCUT2D eigenvalue weighted by Gasteiger charge is -2.28. The third-order valence-electron chi connectivity index (χ3n) is 5.23. The molecular formula is C26H30N2O7. The van der Waals surface area contributed by atoms with Crippen molar-refractivity contribution in [1.29, 1.82) is 0 Å². The Balaban J connectivity index is 1.54. The van der Waals surface area contributed by atoms with Crippen molar-refractivity contribution in [2.45, 2.75) is 13.8 Å². The van der Waals surface area contributed by atoms with Gasteiger partial charge in [0.1, 0.15) is 24.5 Å². The summed E-state index contributed by atoms with van der Waals surface area (Å²) in [6.07, 6.45) is 1.44. The van der Waals surface area contributed by atoms with Crippen molar-refractivity contribution in [2.75, 3.05) is 47.1 Å². The summed E-state index contributed by atoms with van der Waals surface area (Å²) in [4.78, 5) is 38.6. The summed E-state index contributed by atoms with van der Waals surface area (Å²) in [5.74, 6) is 0.477. The maximum Gasteiger partial charge on any atom is 0.333 e. The summed E-state index contributed by atoms with van der Waals surface area (Å²) in [5.41, 5.74) is 1.64. The van der Waals surface area contributed by atoms with E-state index < -0.39 is 17.8 Å². The molecule has 0 radical (unpaired) electrons. The van der Waals surface area contributed by atoms with Gasteiger partial charge in [-0.05, 0) is 49.8 Å². The molecule has 0 unspecified atom stereocenters. The van der Waals surface area contributed by atoms with E-state index in [1.807, 2.05) is 38.1 Å². The fourth-order valence-corrected chi connectivity index (χ4v) is 3.31. The molecule has 1 saturated heterocycles. The van der Waals surface area contributed by atoms with Gasteiger partial charge in [-0.25, -0.2) is 4.79 Å². The highest BCUT2D eigenvalue weighted by molar-refractivity contribution is 6.30. The lowest BCUT2D eigenvalue weighted by atomic mass is 10.1. The Morgan fingerprint density at radius 2 is 1.40 bits per heavy atom. The first-order chi connectivity index (χ1) is 16.8. The van der Waals surface area contributed by atoms with Gasteiger partial charge in [-0.3, -0.25) is 19.4 Å². The summed E-state index contributed by atoms with van der Waals surface area (Å²) >= 11 is 0. The Hall–Kier alpha value is -3.85. The summed E-state index contributed by atoms with van der Waals surface area (Å²) < 4.78 is 22.7. The van der Waals surface area contributed by atoms with E-state index in [1.165, 1.54) is 25.7 Å². The number of rotatable bonds is 11. The predicted octanol–water partition coefficient (Wildman–Crippen LogP) is 3.30. The Bertz CT molecular complexity index is 1070. The van der Waals surface area contributed by atoms with Gasteiger partial charge >= 0.3 is 6.03 Å². The number of hydrogen-bond acceptors (Lipinski definition) is 7. The van der Waals surface area contributed by atoms with Crippen molar-refractivity contribution in [3.63, 3.8) is 0 Å². The zero-order valence-corrected chi connectivity index (χ0v) is 20.4. The van der Waals surface area contributed by atoms with Crippen molar-refractivity contribution in [3.8, 4) is 17.2 Å². The number of barbiturate groups is 1.